The van der Waals surface area contributed by atoms with E-state index in [0.717, 1.165) is 27.4 Å². The van der Waals surface area contributed by atoms with Gasteiger partial charge < -0.3 is 4.74 Å². The standard InChI is InChI=1S/C22H17BrN4O5/c1-32-19-10-2-15(3-11-19)4-12-20(16-5-7-17(23)8-6-16)24-25-21-13-9-18(26(28)29)14-22(21)27(30)31/h2-14,25H,1H3/b12-4+,24-20+. The third kappa shape index (κ3) is 5.76. The zero-order valence-corrected chi connectivity index (χ0v) is 18.4. The van der Waals surface area contributed by atoms with Crippen molar-refractivity contribution in [2.24, 2.45) is 5.10 Å². The maximum atomic E-state index is 11.4. The van der Waals surface area contributed by atoms with Crippen molar-refractivity contribution in [3.8, 4) is 5.75 Å². The van der Waals surface area contributed by atoms with Crippen LogP contribution in [-0.2, 0) is 0 Å². The van der Waals surface area contributed by atoms with E-state index in [1.54, 1.807) is 13.2 Å². The molecule has 0 unspecified atom stereocenters. The maximum absolute atomic E-state index is 11.4. The van der Waals surface area contributed by atoms with Gasteiger partial charge in [-0.2, -0.15) is 5.10 Å². The molecule has 1 N–H and O–H groups in total. The second kappa shape index (κ2) is 10.3. The number of nitro benzene ring substituents is 2. The highest BCUT2D eigenvalue weighted by Gasteiger charge is 2.19. The number of hydrazone groups is 1. The van der Waals surface area contributed by atoms with Crippen molar-refractivity contribution in [3.05, 3.63) is 109 Å². The Morgan fingerprint density at radius 1 is 1.00 bits per heavy atom. The Kier molecular flexibility index (Phi) is 7.29. The topological polar surface area (TPSA) is 120 Å². The first-order valence-electron chi connectivity index (χ1n) is 9.22. The molecule has 10 heteroatoms. The van der Waals surface area contributed by atoms with Crippen LogP contribution in [0.5, 0.6) is 5.75 Å². The van der Waals surface area contributed by atoms with Crippen molar-refractivity contribution in [1.82, 2.24) is 0 Å². The number of hydrogen-bond acceptors (Lipinski definition) is 7. The van der Waals surface area contributed by atoms with E-state index in [9.17, 15) is 20.2 Å². The van der Waals surface area contributed by atoms with Gasteiger partial charge in [0, 0.05) is 16.1 Å². The molecule has 9 nitrogen and oxygen atoms in total. The minimum atomic E-state index is -0.697. The van der Waals surface area contributed by atoms with E-state index in [4.69, 9.17) is 4.74 Å². The van der Waals surface area contributed by atoms with Crippen LogP contribution in [0.25, 0.3) is 6.08 Å². The molecule has 0 spiro atoms. The number of rotatable bonds is 8. The van der Waals surface area contributed by atoms with Crippen LogP contribution in [0.2, 0.25) is 0 Å². The first-order chi connectivity index (χ1) is 15.4. The molecule has 3 rings (SSSR count). The summed E-state index contributed by atoms with van der Waals surface area (Å²) in [4.78, 5) is 20.9. The average Bonchev–Trinajstić information content (AvgIpc) is 2.80. The molecule has 0 atom stereocenters. The Balaban J connectivity index is 1.96. The first-order valence-corrected chi connectivity index (χ1v) is 10.0. The molecule has 0 saturated heterocycles. The summed E-state index contributed by atoms with van der Waals surface area (Å²) in [6, 6.07) is 18.1. The summed E-state index contributed by atoms with van der Waals surface area (Å²) < 4.78 is 6.04. The van der Waals surface area contributed by atoms with Gasteiger partial charge in [0.25, 0.3) is 5.69 Å². The second-order valence-corrected chi connectivity index (χ2v) is 7.35. The molecule has 0 bridgehead atoms. The second-order valence-electron chi connectivity index (χ2n) is 6.44. The molecule has 32 heavy (non-hydrogen) atoms. The predicted molar refractivity (Wildman–Crippen MR) is 126 cm³/mol. The summed E-state index contributed by atoms with van der Waals surface area (Å²) in [7, 11) is 1.59. The molecule has 0 aliphatic heterocycles. The van der Waals surface area contributed by atoms with E-state index < -0.39 is 15.5 Å². The zero-order valence-electron chi connectivity index (χ0n) is 16.8. The third-order valence-corrected chi connectivity index (χ3v) is 4.90. The van der Waals surface area contributed by atoms with Crippen LogP contribution in [0.15, 0.2) is 82.4 Å². The lowest BCUT2D eigenvalue weighted by molar-refractivity contribution is -0.393. The van der Waals surface area contributed by atoms with Gasteiger partial charge in [-0.1, -0.05) is 46.3 Å². The number of allylic oxidation sites excluding steroid dienone is 1. The Morgan fingerprint density at radius 3 is 2.28 bits per heavy atom. The van der Waals surface area contributed by atoms with Gasteiger partial charge in [0.05, 0.1) is 28.7 Å². The van der Waals surface area contributed by atoms with Gasteiger partial charge in [-0.05, 0) is 42.0 Å². The van der Waals surface area contributed by atoms with Gasteiger partial charge in [0.15, 0.2) is 0 Å². The number of halogens is 1. The van der Waals surface area contributed by atoms with Crippen LogP contribution in [0.4, 0.5) is 17.1 Å². The fourth-order valence-electron chi connectivity index (χ4n) is 2.71. The smallest absolute Gasteiger partial charge is 0.301 e. The Hall–Kier alpha value is -4.05. The summed E-state index contributed by atoms with van der Waals surface area (Å²) >= 11 is 3.39. The fraction of sp³-hybridized carbons (Fsp3) is 0.0455. The van der Waals surface area contributed by atoms with Crippen molar-refractivity contribution in [3.63, 3.8) is 0 Å². The van der Waals surface area contributed by atoms with E-state index in [1.165, 1.54) is 12.1 Å². The largest absolute Gasteiger partial charge is 0.497 e. The molecular formula is C22H17BrN4O5. The minimum Gasteiger partial charge on any atom is -0.497 e. The van der Waals surface area contributed by atoms with Crippen molar-refractivity contribution >= 4 is 44.8 Å². The Morgan fingerprint density at radius 2 is 1.69 bits per heavy atom. The molecule has 0 heterocycles. The third-order valence-electron chi connectivity index (χ3n) is 4.38. The van der Waals surface area contributed by atoms with E-state index >= 15 is 0 Å². The van der Waals surface area contributed by atoms with E-state index in [1.807, 2.05) is 54.6 Å². The molecule has 3 aromatic rings. The van der Waals surface area contributed by atoms with Crippen molar-refractivity contribution < 1.29 is 14.6 Å². The van der Waals surface area contributed by atoms with Crippen molar-refractivity contribution in [2.45, 2.75) is 0 Å². The highest BCUT2D eigenvalue weighted by Crippen LogP contribution is 2.29. The summed E-state index contributed by atoms with van der Waals surface area (Å²) in [6.45, 7) is 0. The Labute approximate surface area is 191 Å². The summed E-state index contributed by atoms with van der Waals surface area (Å²) in [5.41, 5.74) is 4.04. The van der Waals surface area contributed by atoms with Crippen LogP contribution < -0.4 is 10.2 Å². The van der Waals surface area contributed by atoms with Gasteiger partial charge in [0.1, 0.15) is 11.4 Å². The monoisotopic (exact) mass is 496 g/mol. The summed E-state index contributed by atoms with van der Waals surface area (Å²) in [5, 5.41) is 26.6. The van der Waals surface area contributed by atoms with Gasteiger partial charge in [-0.3, -0.25) is 25.7 Å². The molecule has 0 aliphatic rings. The highest BCUT2D eigenvalue weighted by molar-refractivity contribution is 9.10. The summed E-state index contributed by atoms with van der Waals surface area (Å²) in [5.74, 6) is 0.732. The van der Waals surface area contributed by atoms with Gasteiger partial charge in [-0.25, -0.2) is 0 Å². The lowest BCUT2D eigenvalue weighted by Crippen LogP contribution is -2.03. The number of hydrogen-bond donors (Lipinski definition) is 1. The lowest BCUT2D eigenvalue weighted by atomic mass is 10.1. The summed E-state index contributed by atoms with van der Waals surface area (Å²) in [6.07, 6.45) is 3.60. The number of nitro groups is 2. The SMILES string of the molecule is COc1ccc(/C=C/C(=N\Nc2ccc([N+](=O)[O-])cc2[N+](=O)[O-])c2ccc(Br)cc2)cc1. The van der Waals surface area contributed by atoms with Crippen LogP contribution in [0.3, 0.4) is 0 Å². The van der Waals surface area contributed by atoms with Crippen molar-refractivity contribution in [1.29, 1.82) is 0 Å². The first kappa shape index (κ1) is 22.6. The molecule has 0 fully saturated rings. The number of non-ortho nitro benzene ring substituents is 1. The molecule has 0 aromatic heterocycles. The van der Waals surface area contributed by atoms with Gasteiger partial charge in [0.2, 0.25) is 0 Å². The quantitative estimate of drug-likeness (QED) is 0.239. The van der Waals surface area contributed by atoms with Crippen LogP contribution in [0.1, 0.15) is 11.1 Å². The van der Waals surface area contributed by atoms with E-state index in [2.05, 4.69) is 26.5 Å². The van der Waals surface area contributed by atoms with Crippen LogP contribution >= 0.6 is 15.9 Å². The maximum Gasteiger partial charge on any atom is 0.301 e. The van der Waals surface area contributed by atoms with E-state index in [-0.39, 0.29) is 11.4 Å². The Bertz CT molecular complexity index is 1190. The number of nitrogens with zero attached hydrogens (tertiary/aromatic N) is 3. The number of anilines is 1. The van der Waals surface area contributed by atoms with Crippen molar-refractivity contribution in [2.75, 3.05) is 12.5 Å². The molecular weight excluding hydrogens is 480 g/mol. The van der Waals surface area contributed by atoms with Gasteiger partial charge in [-0.15, -0.1) is 0 Å². The van der Waals surface area contributed by atoms with Crippen LogP contribution in [-0.4, -0.2) is 22.7 Å². The minimum absolute atomic E-state index is 0.0352. The molecule has 162 valence electrons. The zero-order chi connectivity index (χ0) is 23.1. The molecule has 3 aromatic carbocycles. The lowest BCUT2D eigenvalue weighted by Gasteiger charge is -2.06. The molecule has 0 aliphatic carbocycles. The average molecular weight is 497 g/mol. The predicted octanol–water partition coefficient (Wildman–Crippen LogP) is 5.80. The van der Waals surface area contributed by atoms with Gasteiger partial charge >= 0.3 is 5.69 Å². The number of nitrogens with one attached hydrogen (secondary N) is 1. The highest BCUT2D eigenvalue weighted by atomic mass is 79.9. The van der Waals surface area contributed by atoms with Crippen LogP contribution in [0, 0.1) is 20.2 Å². The molecule has 0 radical (unpaired) electrons. The number of ether oxygens (including phenoxy) is 1. The number of methoxy groups -OCH3 is 1. The molecule has 0 amide bonds. The fourth-order valence-corrected chi connectivity index (χ4v) is 2.97. The number of benzene rings is 3. The molecule has 0 saturated carbocycles. The normalized spacial score (nSPS) is 11.4. The van der Waals surface area contributed by atoms with E-state index in [0.29, 0.717) is 5.71 Å².